The molecule has 0 spiro atoms. The minimum Gasteiger partial charge on any atom is -0.368 e. The number of aromatic nitrogens is 3. The first-order valence-corrected chi connectivity index (χ1v) is 17.8. The number of hydrogen-bond acceptors (Lipinski definition) is 1. The van der Waals surface area contributed by atoms with E-state index in [4.69, 9.17) is 0 Å². The Bertz CT molecular complexity index is 2820. The van der Waals surface area contributed by atoms with Gasteiger partial charge < -0.3 is 19.0 Å². The number of benzene rings is 6. The predicted molar refractivity (Wildman–Crippen MR) is 211 cm³/mol. The molecule has 3 aromatic heterocycles. The Hall–Kier alpha value is -6.52. The first-order valence-electron chi connectivity index (χ1n) is 17.8. The van der Waals surface area contributed by atoms with E-state index < -0.39 is 0 Å². The monoisotopic (exact) mass is 654 g/mol. The third-order valence-electron chi connectivity index (χ3n) is 11.1. The van der Waals surface area contributed by atoms with Crippen molar-refractivity contribution in [3.05, 3.63) is 193 Å². The molecule has 1 N–H and O–H groups in total. The molecule has 4 heteroatoms. The Morgan fingerprint density at radius 3 is 1.82 bits per heavy atom. The minimum absolute atomic E-state index is 0.00511. The van der Waals surface area contributed by atoms with Crippen LogP contribution in [0.15, 0.2) is 176 Å². The zero-order valence-electron chi connectivity index (χ0n) is 27.9. The molecular formula is C47H34N4. The maximum absolute atomic E-state index is 3.66. The summed E-state index contributed by atoms with van der Waals surface area (Å²) in [6.07, 6.45) is 9.45. The second-order valence-electron chi connectivity index (χ2n) is 13.7. The van der Waals surface area contributed by atoms with E-state index >= 15 is 0 Å². The van der Waals surface area contributed by atoms with Gasteiger partial charge in [-0.2, -0.15) is 0 Å². The van der Waals surface area contributed by atoms with E-state index in [2.05, 4.69) is 195 Å². The predicted octanol–water partition coefficient (Wildman–Crippen LogP) is 11.2. The van der Waals surface area contributed by atoms with Crippen molar-refractivity contribution in [2.45, 2.75) is 18.5 Å². The van der Waals surface area contributed by atoms with Gasteiger partial charge in [0.05, 0.1) is 27.8 Å². The van der Waals surface area contributed by atoms with Gasteiger partial charge in [0.25, 0.3) is 0 Å². The summed E-state index contributed by atoms with van der Waals surface area (Å²) >= 11 is 0. The average molecular weight is 655 g/mol. The van der Waals surface area contributed by atoms with Gasteiger partial charge >= 0.3 is 0 Å². The van der Waals surface area contributed by atoms with Gasteiger partial charge in [0, 0.05) is 50.1 Å². The van der Waals surface area contributed by atoms with Gasteiger partial charge in [-0.1, -0.05) is 109 Å². The van der Waals surface area contributed by atoms with Crippen LogP contribution >= 0.6 is 0 Å². The molecular weight excluding hydrogens is 621 g/mol. The lowest BCUT2D eigenvalue weighted by Crippen LogP contribution is -2.24. The Balaban J connectivity index is 1.23. The molecule has 0 radical (unpaired) electrons. The Labute approximate surface area is 295 Å². The summed E-state index contributed by atoms with van der Waals surface area (Å²) in [4.78, 5) is 0. The van der Waals surface area contributed by atoms with Gasteiger partial charge in [-0.3, -0.25) is 0 Å². The number of allylic oxidation sites excluding steroid dienone is 2. The summed E-state index contributed by atoms with van der Waals surface area (Å²) in [6, 6.07) is 55.8. The Kier molecular flexibility index (Phi) is 6.11. The van der Waals surface area contributed by atoms with Crippen LogP contribution in [0.3, 0.4) is 0 Å². The number of nitrogens with zero attached hydrogens (tertiary/aromatic N) is 3. The third-order valence-corrected chi connectivity index (χ3v) is 11.1. The number of hydrogen-bond donors (Lipinski definition) is 1. The SMILES string of the molecule is C1=CN[C@@H](n2c3c(c4ccccc42)CC(c2cccc(-n4c5ccccc5c5ccccc54)c2)c2c-3c3ccccc3n2-c2ccccc2)C=C1. The molecule has 51 heavy (non-hydrogen) atoms. The van der Waals surface area contributed by atoms with E-state index in [1.54, 1.807) is 0 Å². The molecule has 0 saturated carbocycles. The van der Waals surface area contributed by atoms with E-state index in [-0.39, 0.29) is 12.1 Å². The fourth-order valence-corrected chi connectivity index (χ4v) is 9.05. The lowest BCUT2D eigenvalue weighted by atomic mass is 9.80. The first-order chi connectivity index (χ1) is 25.3. The minimum atomic E-state index is 0.00511. The van der Waals surface area contributed by atoms with Crippen LogP contribution in [0, 0.1) is 0 Å². The van der Waals surface area contributed by atoms with Crippen LogP contribution in [-0.4, -0.2) is 13.7 Å². The normalized spacial score (nSPS) is 16.5. The zero-order valence-corrected chi connectivity index (χ0v) is 27.9. The zero-order chi connectivity index (χ0) is 33.5. The third kappa shape index (κ3) is 4.08. The highest BCUT2D eigenvalue weighted by Gasteiger charge is 2.37. The second-order valence-corrected chi connectivity index (χ2v) is 13.7. The van der Waals surface area contributed by atoms with Crippen LogP contribution in [0.25, 0.3) is 66.2 Å². The molecule has 1 aliphatic heterocycles. The summed E-state index contributed by atoms with van der Waals surface area (Å²) < 4.78 is 7.52. The molecule has 0 amide bonds. The fraction of sp³-hybridized carbons (Fsp3) is 0.0638. The van der Waals surface area contributed by atoms with Crippen LogP contribution in [-0.2, 0) is 6.42 Å². The van der Waals surface area contributed by atoms with E-state index in [0.29, 0.717) is 0 Å². The largest absolute Gasteiger partial charge is 0.368 e. The summed E-state index contributed by atoms with van der Waals surface area (Å²) in [6.45, 7) is 0. The summed E-state index contributed by atoms with van der Waals surface area (Å²) in [7, 11) is 0. The van der Waals surface area contributed by atoms with Gasteiger partial charge in [-0.25, -0.2) is 0 Å². The molecule has 0 fully saturated rings. The van der Waals surface area contributed by atoms with Crippen molar-refractivity contribution in [1.82, 2.24) is 19.0 Å². The molecule has 11 rings (SSSR count). The number of nitrogens with one attached hydrogen (secondary N) is 1. The highest BCUT2D eigenvalue weighted by molar-refractivity contribution is 6.09. The number of rotatable bonds is 4. The molecule has 4 heterocycles. The molecule has 0 saturated heterocycles. The summed E-state index contributed by atoms with van der Waals surface area (Å²) in [5.74, 6) is 0.113. The maximum Gasteiger partial charge on any atom is 0.123 e. The van der Waals surface area contributed by atoms with Crippen molar-refractivity contribution < 1.29 is 0 Å². The lowest BCUT2D eigenvalue weighted by molar-refractivity contribution is 0.563. The van der Waals surface area contributed by atoms with Crippen molar-refractivity contribution in [3.63, 3.8) is 0 Å². The van der Waals surface area contributed by atoms with E-state index in [0.717, 1.165) is 6.42 Å². The standard InChI is InChI=1S/C47H34N4/c1-2-16-32(17-3-1)50-43-26-11-7-22-37(43)45-46(50)38(30-39-36-21-6-10-25-42(36)51(47(39)45)44-27-12-13-28-48-44)31-15-14-18-33(29-31)49-40-23-8-4-19-34(40)35-20-5-9-24-41(35)49/h1-29,38,44,48H,30H2/t38?,44-/m0/s1. The fourth-order valence-electron chi connectivity index (χ4n) is 9.05. The highest BCUT2D eigenvalue weighted by atomic mass is 15.2. The quantitative estimate of drug-likeness (QED) is 0.201. The van der Waals surface area contributed by atoms with Crippen molar-refractivity contribution in [2.75, 3.05) is 0 Å². The molecule has 9 aromatic rings. The van der Waals surface area contributed by atoms with Crippen molar-refractivity contribution in [3.8, 4) is 22.6 Å². The molecule has 1 unspecified atom stereocenters. The van der Waals surface area contributed by atoms with Gasteiger partial charge in [0.15, 0.2) is 0 Å². The summed E-state index contributed by atoms with van der Waals surface area (Å²) in [5, 5.41) is 8.82. The first kappa shape index (κ1) is 28.3. The number of fused-ring (bicyclic) bond motifs is 10. The van der Waals surface area contributed by atoms with Crippen LogP contribution in [0.1, 0.15) is 28.9 Å². The van der Waals surface area contributed by atoms with Crippen molar-refractivity contribution in [1.29, 1.82) is 0 Å². The van der Waals surface area contributed by atoms with E-state index in [9.17, 15) is 0 Å². The smallest absolute Gasteiger partial charge is 0.123 e. The highest BCUT2D eigenvalue weighted by Crippen LogP contribution is 2.52. The topological polar surface area (TPSA) is 26.8 Å². The maximum atomic E-state index is 3.66. The van der Waals surface area contributed by atoms with E-state index in [1.165, 1.54) is 83.1 Å². The average Bonchev–Trinajstić information content (AvgIpc) is 3.84. The van der Waals surface area contributed by atoms with Gasteiger partial charge in [0.2, 0.25) is 0 Å². The lowest BCUT2D eigenvalue weighted by Gasteiger charge is -2.30. The molecule has 2 atom stereocenters. The van der Waals surface area contributed by atoms with Crippen LogP contribution in [0.2, 0.25) is 0 Å². The van der Waals surface area contributed by atoms with Gasteiger partial charge in [-0.15, -0.1) is 0 Å². The second kappa shape index (κ2) is 11.0. The number of dihydropyridines is 1. The molecule has 1 aliphatic carbocycles. The molecule has 2 aliphatic rings. The Morgan fingerprint density at radius 2 is 1.12 bits per heavy atom. The van der Waals surface area contributed by atoms with Crippen molar-refractivity contribution >= 4 is 43.6 Å². The summed E-state index contributed by atoms with van der Waals surface area (Å²) in [5.41, 5.74) is 14.0. The van der Waals surface area contributed by atoms with Crippen molar-refractivity contribution in [2.24, 2.45) is 0 Å². The van der Waals surface area contributed by atoms with E-state index in [1.807, 2.05) is 0 Å². The molecule has 4 nitrogen and oxygen atoms in total. The molecule has 6 aromatic carbocycles. The number of para-hydroxylation sites is 5. The van der Waals surface area contributed by atoms with Crippen LogP contribution < -0.4 is 5.32 Å². The van der Waals surface area contributed by atoms with Crippen LogP contribution in [0.4, 0.5) is 0 Å². The van der Waals surface area contributed by atoms with Gasteiger partial charge in [-0.05, 0) is 84.4 Å². The molecule has 0 bridgehead atoms. The Morgan fingerprint density at radius 1 is 0.510 bits per heavy atom. The van der Waals surface area contributed by atoms with Gasteiger partial charge in [0.1, 0.15) is 6.17 Å². The van der Waals surface area contributed by atoms with Crippen LogP contribution in [0.5, 0.6) is 0 Å². The molecule has 242 valence electrons.